The van der Waals surface area contributed by atoms with Crippen molar-refractivity contribution >= 4 is 47.6 Å². The Labute approximate surface area is 189 Å². The number of aromatic nitrogens is 1. The number of guanidine groups is 1. The highest BCUT2D eigenvalue weighted by Crippen LogP contribution is 2.12. The highest BCUT2D eigenvalue weighted by molar-refractivity contribution is 14.0. The largest absolute Gasteiger partial charge is 0.444 e. The lowest BCUT2D eigenvalue weighted by molar-refractivity contribution is -0.114. The Morgan fingerprint density at radius 3 is 2.76 bits per heavy atom. The summed E-state index contributed by atoms with van der Waals surface area (Å²) in [6.45, 7) is 9.49. The van der Waals surface area contributed by atoms with Crippen LogP contribution in [0.5, 0.6) is 0 Å². The fourth-order valence-corrected chi connectivity index (χ4v) is 2.75. The van der Waals surface area contributed by atoms with Gasteiger partial charge in [-0.2, -0.15) is 0 Å². The van der Waals surface area contributed by atoms with Gasteiger partial charge in [-0.3, -0.25) is 9.78 Å². The summed E-state index contributed by atoms with van der Waals surface area (Å²) in [7, 11) is 0. The fourth-order valence-electron chi connectivity index (χ4n) is 2.75. The lowest BCUT2D eigenvalue weighted by Gasteiger charge is -2.23. The summed E-state index contributed by atoms with van der Waals surface area (Å²) in [5, 5.41) is 8.84. The van der Waals surface area contributed by atoms with Crippen LogP contribution >= 0.6 is 24.0 Å². The molecule has 1 unspecified atom stereocenters. The Hall–Kier alpha value is -2.11. The van der Waals surface area contributed by atoms with Crippen LogP contribution in [0.25, 0.3) is 0 Å². The van der Waals surface area contributed by atoms with Gasteiger partial charge in [0.1, 0.15) is 12.1 Å². The van der Waals surface area contributed by atoms with Crippen molar-refractivity contribution in [1.82, 2.24) is 20.5 Å². The second kappa shape index (κ2) is 11.8. The first-order valence-electron chi connectivity index (χ1n) is 9.49. The standard InChI is InChI=1S/C19H30N6O3.HI/c1-5-21-17(22-12-16(26)23-14-7-6-9-20-11-14)25-10-8-15(13-25)24-18(27)28-19(2,3)4;/h6-7,9,11,15H,5,8,10,12-13H2,1-4H3,(H,21,22)(H,23,26)(H,24,27);1H. The van der Waals surface area contributed by atoms with Crippen LogP contribution < -0.4 is 16.0 Å². The number of amides is 2. The van der Waals surface area contributed by atoms with Crippen LogP contribution in [0.2, 0.25) is 0 Å². The van der Waals surface area contributed by atoms with E-state index in [9.17, 15) is 9.59 Å². The Balaban J connectivity index is 0.00000420. The molecule has 1 aromatic rings. The van der Waals surface area contributed by atoms with Gasteiger partial charge in [-0.15, -0.1) is 24.0 Å². The topological polar surface area (TPSA) is 108 Å². The van der Waals surface area contributed by atoms with Gasteiger partial charge in [-0.25, -0.2) is 9.79 Å². The number of likely N-dealkylation sites (tertiary alicyclic amines) is 1. The van der Waals surface area contributed by atoms with Crippen LogP contribution in [0, 0.1) is 0 Å². The first kappa shape index (κ1) is 24.9. The number of hydrogen-bond donors (Lipinski definition) is 3. The van der Waals surface area contributed by atoms with E-state index in [0.717, 1.165) is 13.0 Å². The summed E-state index contributed by atoms with van der Waals surface area (Å²) in [5.41, 5.74) is 0.107. The van der Waals surface area contributed by atoms with Gasteiger partial charge in [0, 0.05) is 25.8 Å². The van der Waals surface area contributed by atoms with E-state index in [1.54, 1.807) is 24.5 Å². The van der Waals surface area contributed by atoms with Crippen molar-refractivity contribution < 1.29 is 14.3 Å². The molecule has 2 amide bonds. The van der Waals surface area contributed by atoms with Crippen molar-refractivity contribution in [2.75, 3.05) is 31.5 Å². The monoisotopic (exact) mass is 518 g/mol. The molecule has 29 heavy (non-hydrogen) atoms. The van der Waals surface area contributed by atoms with Gasteiger partial charge >= 0.3 is 6.09 Å². The van der Waals surface area contributed by atoms with Crippen LogP contribution in [0.3, 0.4) is 0 Å². The zero-order valence-electron chi connectivity index (χ0n) is 17.4. The zero-order chi connectivity index (χ0) is 20.6. The van der Waals surface area contributed by atoms with Gasteiger partial charge in [0.2, 0.25) is 5.91 Å². The molecule has 0 aromatic carbocycles. The Kier molecular flexibility index (Phi) is 10.1. The first-order chi connectivity index (χ1) is 13.3. The Morgan fingerprint density at radius 2 is 2.14 bits per heavy atom. The van der Waals surface area contributed by atoms with Crippen molar-refractivity contribution in [3.05, 3.63) is 24.5 Å². The number of alkyl carbamates (subject to hydrolysis) is 1. The highest BCUT2D eigenvalue weighted by atomic mass is 127. The van der Waals surface area contributed by atoms with E-state index >= 15 is 0 Å². The number of carbonyl (C=O) groups is 2. The molecule has 2 rings (SSSR count). The Bertz CT molecular complexity index is 693. The lowest BCUT2D eigenvalue weighted by Crippen LogP contribution is -2.44. The minimum Gasteiger partial charge on any atom is -0.444 e. The predicted molar refractivity (Wildman–Crippen MR) is 124 cm³/mol. The fraction of sp³-hybridized carbons (Fsp3) is 0.579. The molecule has 0 aliphatic carbocycles. The molecule has 162 valence electrons. The number of aliphatic imine (C=N–C) groups is 1. The van der Waals surface area contributed by atoms with E-state index in [2.05, 4.69) is 25.9 Å². The summed E-state index contributed by atoms with van der Waals surface area (Å²) in [5.74, 6) is 0.434. The third kappa shape index (κ3) is 9.29. The van der Waals surface area contributed by atoms with Crippen LogP contribution in [0.4, 0.5) is 10.5 Å². The van der Waals surface area contributed by atoms with Gasteiger partial charge in [-0.1, -0.05) is 0 Å². The number of nitrogens with one attached hydrogen (secondary N) is 3. The number of ether oxygens (including phenoxy) is 1. The van der Waals surface area contributed by atoms with Gasteiger partial charge in [0.15, 0.2) is 5.96 Å². The molecular weight excluding hydrogens is 487 g/mol. The maximum atomic E-state index is 12.1. The molecule has 1 atom stereocenters. The average molecular weight is 518 g/mol. The molecule has 10 heteroatoms. The smallest absolute Gasteiger partial charge is 0.407 e. The maximum Gasteiger partial charge on any atom is 0.407 e. The van der Waals surface area contributed by atoms with Crippen molar-refractivity contribution in [3.63, 3.8) is 0 Å². The molecular formula is C19H31IN6O3. The first-order valence-corrected chi connectivity index (χ1v) is 9.49. The van der Waals surface area contributed by atoms with Crippen LogP contribution in [0.15, 0.2) is 29.5 Å². The van der Waals surface area contributed by atoms with Crippen LogP contribution in [-0.4, -0.2) is 65.7 Å². The van der Waals surface area contributed by atoms with Gasteiger partial charge < -0.3 is 25.6 Å². The normalized spacial score (nSPS) is 16.6. The van der Waals surface area contributed by atoms with E-state index < -0.39 is 11.7 Å². The summed E-state index contributed by atoms with van der Waals surface area (Å²) in [6.07, 6.45) is 3.59. The van der Waals surface area contributed by atoms with Gasteiger partial charge in [0.25, 0.3) is 0 Å². The van der Waals surface area contributed by atoms with Crippen molar-refractivity contribution in [1.29, 1.82) is 0 Å². The highest BCUT2D eigenvalue weighted by Gasteiger charge is 2.27. The summed E-state index contributed by atoms with van der Waals surface area (Å²) < 4.78 is 5.31. The van der Waals surface area contributed by atoms with Crippen molar-refractivity contribution in [2.24, 2.45) is 4.99 Å². The molecule has 1 saturated heterocycles. The number of carbonyl (C=O) groups excluding carboxylic acids is 2. The maximum absolute atomic E-state index is 12.1. The Morgan fingerprint density at radius 1 is 1.38 bits per heavy atom. The van der Waals surface area contributed by atoms with Gasteiger partial charge in [-0.05, 0) is 46.2 Å². The second-order valence-electron chi connectivity index (χ2n) is 7.54. The molecule has 0 spiro atoms. The summed E-state index contributed by atoms with van der Waals surface area (Å²) in [4.78, 5) is 34.5. The molecule has 3 N–H and O–H groups in total. The van der Waals surface area contributed by atoms with E-state index in [4.69, 9.17) is 4.74 Å². The number of hydrogen-bond acceptors (Lipinski definition) is 5. The zero-order valence-corrected chi connectivity index (χ0v) is 19.7. The van der Waals surface area contributed by atoms with Gasteiger partial charge in [0.05, 0.1) is 17.9 Å². The van der Waals surface area contributed by atoms with Crippen molar-refractivity contribution in [3.8, 4) is 0 Å². The molecule has 1 fully saturated rings. The minimum absolute atomic E-state index is 0. The van der Waals surface area contributed by atoms with Crippen molar-refractivity contribution in [2.45, 2.75) is 45.8 Å². The predicted octanol–water partition coefficient (Wildman–Crippen LogP) is 2.20. The molecule has 2 heterocycles. The molecule has 1 aromatic heterocycles. The van der Waals surface area contributed by atoms with Crippen LogP contribution in [0.1, 0.15) is 34.1 Å². The molecule has 0 bridgehead atoms. The number of pyridine rings is 1. The molecule has 9 nitrogen and oxygen atoms in total. The quantitative estimate of drug-likeness (QED) is 0.314. The number of anilines is 1. The number of rotatable bonds is 5. The lowest BCUT2D eigenvalue weighted by atomic mass is 10.2. The van der Waals surface area contributed by atoms with E-state index in [1.807, 2.05) is 32.6 Å². The van der Waals surface area contributed by atoms with Crippen LogP contribution in [-0.2, 0) is 9.53 Å². The van der Waals surface area contributed by atoms with E-state index in [-0.39, 0.29) is 42.5 Å². The van der Waals surface area contributed by atoms with E-state index in [1.165, 1.54) is 0 Å². The molecule has 0 saturated carbocycles. The number of halogens is 1. The SMILES string of the molecule is CCNC(=NCC(=O)Nc1cccnc1)N1CCC(NC(=O)OC(C)(C)C)C1.I. The van der Waals surface area contributed by atoms with E-state index in [0.29, 0.717) is 24.7 Å². The molecule has 1 aliphatic rings. The third-order valence-corrected chi connectivity index (χ3v) is 3.86. The minimum atomic E-state index is -0.527. The third-order valence-electron chi connectivity index (χ3n) is 3.86. The average Bonchev–Trinajstić information content (AvgIpc) is 3.06. The second-order valence-corrected chi connectivity index (χ2v) is 7.54. The summed E-state index contributed by atoms with van der Waals surface area (Å²) in [6, 6.07) is 3.50. The summed E-state index contributed by atoms with van der Waals surface area (Å²) >= 11 is 0. The molecule has 0 radical (unpaired) electrons. The molecule has 1 aliphatic heterocycles. The number of nitrogens with zero attached hydrogens (tertiary/aromatic N) is 3.